The number of pyridine rings is 1. The van der Waals surface area contributed by atoms with Gasteiger partial charge in [-0.3, -0.25) is 0 Å². The lowest BCUT2D eigenvalue weighted by Gasteiger charge is -2.19. The number of hydrogen-bond donors (Lipinski definition) is 3. The van der Waals surface area contributed by atoms with Gasteiger partial charge in [-0.05, 0) is 49.6 Å². The average Bonchev–Trinajstić information content (AvgIpc) is 3.07. The lowest BCUT2D eigenvalue weighted by atomic mass is 10.0. The van der Waals surface area contributed by atoms with Gasteiger partial charge in [0.2, 0.25) is 0 Å². The number of ether oxygens (including phenoxy) is 1. The lowest BCUT2D eigenvalue weighted by Crippen LogP contribution is -2.42. The molecule has 0 spiro atoms. The van der Waals surface area contributed by atoms with E-state index in [-0.39, 0.29) is 6.54 Å². The van der Waals surface area contributed by atoms with Crippen molar-refractivity contribution >= 4 is 27.3 Å². The van der Waals surface area contributed by atoms with E-state index < -0.39 is 21.9 Å². The molecule has 2 aromatic heterocycles. The summed E-state index contributed by atoms with van der Waals surface area (Å²) in [5, 5.41) is 1.01. The van der Waals surface area contributed by atoms with Gasteiger partial charge in [-0.2, -0.15) is 13.1 Å². The topological polar surface area (TPSA) is 113 Å². The summed E-state index contributed by atoms with van der Waals surface area (Å²) in [6.07, 6.45) is 2.55. The maximum Gasteiger partial charge on any atom is 0.422 e. The fourth-order valence-corrected chi connectivity index (χ4v) is 3.33. The summed E-state index contributed by atoms with van der Waals surface area (Å²) in [4.78, 5) is 19.0. The molecule has 3 aromatic rings. The van der Waals surface area contributed by atoms with E-state index in [0.29, 0.717) is 0 Å². The maximum absolute atomic E-state index is 12.0. The first kappa shape index (κ1) is 19.8. The molecule has 0 unspecified atom stereocenters. The van der Waals surface area contributed by atoms with Gasteiger partial charge in [0, 0.05) is 24.3 Å². The van der Waals surface area contributed by atoms with Crippen LogP contribution in [0.15, 0.2) is 48.8 Å². The van der Waals surface area contributed by atoms with Gasteiger partial charge in [-0.1, -0.05) is 24.3 Å². The van der Waals surface area contributed by atoms with Crippen LogP contribution in [0, 0.1) is 0 Å². The molecule has 9 heteroatoms. The summed E-state index contributed by atoms with van der Waals surface area (Å²) in [5.74, 6) is 0. The zero-order chi connectivity index (χ0) is 20.4. The molecule has 1 amide bonds. The number of hydrogen-bond acceptors (Lipinski definition) is 5. The van der Waals surface area contributed by atoms with Gasteiger partial charge in [0.05, 0.1) is 0 Å². The molecule has 0 atom stereocenters. The smallest absolute Gasteiger partial charge is 0.422 e. The van der Waals surface area contributed by atoms with Crippen LogP contribution < -0.4 is 9.44 Å². The third kappa shape index (κ3) is 5.08. The van der Waals surface area contributed by atoms with Gasteiger partial charge in [0.1, 0.15) is 11.2 Å². The fraction of sp³-hybridized carbons (Fsp3) is 0.263. The minimum absolute atomic E-state index is 0.0360. The largest absolute Gasteiger partial charge is 0.443 e. The second-order valence-electron chi connectivity index (χ2n) is 7.22. The number of nitrogens with one attached hydrogen (secondary N) is 3. The van der Waals surface area contributed by atoms with E-state index in [1.807, 2.05) is 47.3 Å². The monoisotopic (exact) mass is 402 g/mol. The Morgan fingerprint density at radius 1 is 1.14 bits per heavy atom. The number of aromatic nitrogens is 2. The van der Waals surface area contributed by atoms with Crippen LogP contribution in [0.1, 0.15) is 26.3 Å². The molecule has 0 fully saturated rings. The number of nitrogens with zero attached hydrogens (tertiary/aromatic N) is 1. The van der Waals surface area contributed by atoms with Crippen LogP contribution in [0.2, 0.25) is 0 Å². The highest BCUT2D eigenvalue weighted by atomic mass is 32.2. The van der Waals surface area contributed by atoms with Crippen LogP contribution in [0.4, 0.5) is 4.79 Å². The quantitative estimate of drug-likeness (QED) is 0.607. The molecule has 3 N–H and O–H groups in total. The molecule has 0 saturated heterocycles. The Morgan fingerprint density at radius 3 is 2.54 bits per heavy atom. The number of carbonyl (C=O) groups excluding carboxylic acids is 1. The Morgan fingerprint density at radius 2 is 1.86 bits per heavy atom. The zero-order valence-electron chi connectivity index (χ0n) is 15.8. The standard InChI is InChI=1S/C19H22N4O4S/c1-19(2,3)27-18(24)23-28(25,26)22-12-13-4-6-14(7-5-13)15-8-10-20-17-16(15)9-11-21-17/h4-11,22H,12H2,1-3H3,(H,20,21)(H,23,24). The predicted octanol–water partition coefficient (Wildman–Crippen LogP) is 3.09. The predicted molar refractivity (Wildman–Crippen MR) is 107 cm³/mol. The van der Waals surface area contributed by atoms with Crippen molar-refractivity contribution in [2.75, 3.05) is 0 Å². The van der Waals surface area contributed by atoms with Crippen molar-refractivity contribution in [3.8, 4) is 11.1 Å². The van der Waals surface area contributed by atoms with Crippen LogP contribution in [0.5, 0.6) is 0 Å². The number of benzene rings is 1. The van der Waals surface area contributed by atoms with Crippen LogP contribution >= 0.6 is 0 Å². The highest BCUT2D eigenvalue weighted by Gasteiger charge is 2.21. The van der Waals surface area contributed by atoms with Gasteiger partial charge in [-0.15, -0.1) is 0 Å². The molecule has 0 saturated carbocycles. The first-order chi connectivity index (χ1) is 13.1. The normalized spacial score (nSPS) is 12.1. The summed E-state index contributed by atoms with van der Waals surface area (Å²) in [6, 6.07) is 11.4. The van der Waals surface area contributed by atoms with Gasteiger partial charge in [-0.25, -0.2) is 14.5 Å². The molecule has 0 radical (unpaired) electrons. The second-order valence-corrected chi connectivity index (χ2v) is 8.72. The summed E-state index contributed by atoms with van der Waals surface area (Å²) in [5.41, 5.74) is 2.79. The molecule has 0 aliphatic rings. The summed E-state index contributed by atoms with van der Waals surface area (Å²) in [7, 11) is -4.02. The number of fused-ring (bicyclic) bond motifs is 1. The second kappa shape index (κ2) is 7.61. The van der Waals surface area contributed by atoms with E-state index in [1.165, 1.54) is 0 Å². The van der Waals surface area contributed by atoms with Crippen molar-refractivity contribution < 1.29 is 17.9 Å². The van der Waals surface area contributed by atoms with Gasteiger partial charge < -0.3 is 9.72 Å². The van der Waals surface area contributed by atoms with E-state index in [1.54, 1.807) is 27.0 Å². The minimum atomic E-state index is -4.02. The van der Waals surface area contributed by atoms with Crippen molar-refractivity contribution in [3.63, 3.8) is 0 Å². The Labute approximate surface area is 163 Å². The Hall–Kier alpha value is -2.91. The van der Waals surface area contributed by atoms with Crippen LogP contribution in [-0.4, -0.2) is 30.1 Å². The van der Waals surface area contributed by atoms with Crippen molar-refractivity contribution in [3.05, 3.63) is 54.4 Å². The Kier molecular flexibility index (Phi) is 5.39. The maximum atomic E-state index is 12.0. The number of aromatic amines is 1. The first-order valence-electron chi connectivity index (χ1n) is 8.65. The highest BCUT2D eigenvalue weighted by Crippen LogP contribution is 2.27. The molecule has 0 aliphatic carbocycles. The first-order valence-corrected chi connectivity index (χ1v) is 10.1. The minimum Gasteiger partial charge on any atom is -0.443 e. The van der Waals surface area contributed by atoms with Gasteiger partial charge >= 0.3 is 16.3 Å². The molecular formula is C19H22N4O4S. The fourth-order valence-electron chi connectivity index (χ4n) is 2.64. The lowest BCUT2D eigenvalue weighted by molar-refractivity contribution is 0.0569. The van der Waals surface area contributed by atoms with Crippen LogP contribution in [0.3, 0.4) is 0 Å². The summed E-state index contributed by atoms with van der Waals surface area (Å²) < 4.78 is 33.0. The third-order valence-corrected chi connectivity index (χ3v) is 4.77. The van der Waals surface area contributed by atoms with Crippen LogP contribution in [0.25, 0.3) is 22.2 Å². The molecule has 148 valence electrons. The van der Waals surface area contributed by atoms with E-state index >= 15 is 0 Å². The highest BCUT2D eigenvalue weighted by molar-refractivity contribution is 7.88. The molecule has 0 bridgehead atoms. The SMILES string of the molecule is CC(C)(C)OC(=O)NS(=O)(=O)NCc1ccc(-c2ccnc3[nH]ccc23)cc1. The van der Waals surface area contributed by atoms with Crippen molar-refractivity contribution in [2.24, 2.45) is 0 Å². The van der Waals surface area contributed by atoms with E-state index in [0.717, 1.165) is 27.7 Å². The molecule has 0 aliphatic heterocycles. The summed E-state index contributed by atoms with van der Waals surface area (Å²) >= 11 is 0. The zero-order valence-corrected chi connectivity index (χ0v) is 16.6. The van der Waals surface area contributed by atoms with E-state index in [9.17, 15) is 13.2 Å². The number of carbonyl (C=O) groups is 1. The number of H-pyrrole nitrogens is 1. The number of amides is 1. The van der Waals surface area contributed by atoms with Crippen molar-refractivity contribution in [1.29, 1.82) is 0 Å². The van der Waals surface area contributed by atoms with Crippen LogP contribution in [-0.2, 0) is 21.5 Å². The number of rotatable bonds is 5. The molecule has 3 rings (SSSR count). The van der Waals surface area contributed by atoms with Gasteiger partial charge in [0.15, 0.2) is 0 Å². The Bertz CT molecular complexity index is 1080. The average molecular weight is 402 g/mol. The molecular weight excluding hydrogens is 380 g/mol. The van der Waals surface area contributed by atoms with Gasteiger partial charge in [0.25, 0.3) is 0 Å². The van der Waals surface area contributed by atoms with Crippen molar-refractivity contribution in [1.82, 2.24) is 19.4 Å². The summed E-state index contributed by atoms with van der Waals surface area (Å²) in [6.45, 7) is 4.99. The Balaban J connectivity index is 1.65. The molecule has 2 heterocycles. The van der Waals surface area contributed by atoms with E-state index in [2.05, 4.69) is 14.7 Å². The van der Waals surface area contributed by atoms with Crippen molar-refractivity contribution in [2.45, 2.75) is 32.9 Å². The molecule has 8 nitrogen and oxygen atoms in total. The molecule has 1 aromatic carbocycles. The van der Waals surface area contributed by atoms with E-state index in [4.69, 9.17) is 4.74 Å². The third-order valence-electron chi connectivity index (χ3n) is 3.81. The molecule has 28 heavy (non-hydrogen) atoms.